The van der Waals surface area contributed by atoms with Crippen molar-refractivity contribution in [1.29, 1.82) is 0 Å². The van der Waals surface area contributed by atoms with E-state index in [1.165, 1.54) is 11.3 Å². The molecular weight excluding hydrogens is 772 g/mol. The minimum atomic E-state index is -0.793. The molecule has 0 bridgehead atoms. The number of nitrogens with zero attached hydrogens (tertiary/aromatic N) is 2. The molecule has 6 rings (SSSR count). The molecule has 4 aromatic carbocycles. The predicted molar refractivity (Wildman–Crippen MR) is 198 cm³/mol. The van der Waals surface area contributed by atoms with Crippen molar-refractivity contribution in [2.24, 2.45) is 4.99 Å². The topological polar surface area (TPSA) is 88.4 Å². The summed E-state index contributed by atoms with van der Waals surface area (Å²) >= 11 is 8.35. The minimum Gasteiger partial charge on any atom is -0.494 e. The summed E-state index contributed by atoms with van der Waals surface area (Å²) in [5.74, 6) is 1.21. The van der Waals surface area contributed by atoms with Crippen molar-refractivity contribution in [3.63, 3.8) is 0 Å². The standard InChI is InChI=1S/C38H32Br2N2O6S/c1-4-46-28-17-13-26(14-18-28)34-32(37(44)47-5-2)33(25-9-7-6-8-10-25)41-38-42(34)36(43)31(49-38)21-24-19-29(40)35(30(20-24)45-3)48-22-23-11-15-27(39)16-12-23/h6-21,34H,4-5,22H2,1-3H3/b31-21-/t34-/m1/s1. The van der Waals surface area contributed by atoms with E-state index < -0.39 is 12.0 Å². The summed E-state index contributed by atoms with van der Waals surface area (Å²) in [5, 5.41) is 0. The van der Waals surface area contributed by atoms with Gasteiger partial charge < -0.3 is 18.9 Å². The SMILES string of the molecule is CCOC(=O)C1=C(c2ccccc2)N=c2s/c(=C\c3cc(Br)c(OCc4ccc(Br)cc4)c(OC)c3)c(=O)n2[C@@H]1c1ccc(OCC)cc1. The van der Waals surface area contributed by atoms with Gasteiger partial charge in [0.2, 0.25) is 0 Å². The number of halogens is 2. The van der Waals surface area contributed by atoms with E-state index in [-0.39, 0.29) is 17.7 Å². The summed E-state index contributed by atoms with van der Waals surface area (Å²) in [6, 6.07) is 27.7. The fourth-order valence-electron chi connectivity index (χ4n) is 5.52. The summed E-state index contributed by atoms with van der Waals surface area (Å²) < 4.78 is 26.8. The first kappa shape index (κ1) is 34.4. The van der Waals surface area contributed by atoms with Gasteiger partial charge in [-0.1, -0.05) is 81.9 Å². The molecule has 5 aromatic rings. The number of hydrogen-bond donors (Lipinski definition) is 0. The average Bonchev–Trinajstić information content (AvgIpc) is 3.42. The van der Waals surface area contributed by atoms with Gasteiger partial charge in [0.05, 0.1) is 46.6 Å². The van der Waals surface area contributed by atoms with Crippen molar-refractivity contribution < 1.29 is 23.7 Å². The monoisotopic (exact) mass is 802 g/mol. The molecule has 0 radical (unpaired) electrons. The third-order valence-corrected chi connectivity index (χ3v) is 9.83. The molecule has 250 valence electrons. The number of carbonyl (C=O) groups excluding carboxylic acids is 1. The summed E-state index contributed by atoms with van der Waals surface area (Å²) in [7, 11) is 1.57. The number of benzene rings is 4. The molecule has 1 aliphatic rings. The van der Waals surface area contributed by atoms with E-state index in [1.54, 1.807) is 24.7 Å². The van der Waals surface area contributed by atoms with Crippen molar-refractivity contribution in [3.8, 4) is 17.2 Å². The maximum Gasteiger partial charge on any atom is 0.338 e. The zero-order valence-corrected chi connectivity index (χ0v) is 30.9. The van der Waals surface area contributed by atoms with Crippen LogP contribution in [-0.2, 0) is 16.1 Å². The van der Waals surface area contributed by atoms with Crippen LogP contribution in [0.4, 0.5) is 0 Å². The van der Waals surface area contributed by atoms with E-state index in [4.69, 9.17) is 23.9 Å². The molecule has 2 heterocycles. The van der Waals surface area contributed by atoms with Crippen LogP contribution in [0.25, 0.3) is 11.8 Å². The fourth-order valence-corrected chi connectivity index (χ4v) is 7.36. The minimum absolute atomic E-state index is 0.171. The summed E-state index contributed by atoms with van der Waals surface area (Å²) in [4.78, 5) is 33.5. The molecule has 0 saturated heterocycles. The van der Waals surface area contributed by atoms with Crippen LogP contribution in [0.15, 0.2) is 115 Å². The Kier molecular flexibility index (Phi) is 10.8. The zero-order valence-electron chi connectivity index (χ0n) is 26.9. The molecule has 49 heavy (non-hydrogen) atoms. The quantitative estimate of drug-likeness (QED) is 0.129. The second-order valence-electron chi connectivity index (χ2n) is 10.9. The van der Waals surface area contributed by atoms with E-state index in [1.807, 2.05) is 97.9 Å². The molecule has 0 N–H and O–H groups in total. The van der Waals surface area contributed by atoms with Crippen LogP contribution in [-0.4, -0.2) is 30.9 Å². The van der Waals surface area contributed by atoms with E-state index in [0.717, 1.165) is 26.7 Å². The number of ether oxygens (including phenoxy) is 4. The Morgan fingerprint density at radius 2 is 1.67 bits per heavy atom. The maximum absolute atomic E-state index is 14.3. The zero-order chi connectivity index (χ0) is 34.5. The van der Waals surface area contributed by atoms with Crippen molar-refractivity contribution in [3.05, 3.63) is 147 Å². The van der Waals surface area contributed by atoms with Crippen molar-refractivity contribution in [2.75, 3.05) is 20.3 Å². The van der Waals surface area contributed by atoms with Gasteiger partial charge in [-0.25, -0.2) is 9.79 Å². The van der Waals surface area contributed by atoms with Gasteiger partial charge in [0.15, 0.2) is 16.3 Å². The predicted octanol–water partition coefficient (Wildman–Crippen LogP) is 7.45. The number of rotatable bonds is 11. The van der Waals surface area contributed by atoms with Crippen molar-refractivity contribution in [1.82, 2.24) is 4.57 Å². The molecular formula is C38H32Br2N2O6S. The van der Waals surface area contributed by atoms with Gasteiger partial charge in [-0.2, -0.15) is 0 Å². The van der Waals surface area contributed by atoms with E-state index in [2.05, 4.69) is 31.9 Å². The first-order chi connectivity index (χ1) is 23.8. The fraction of sp³-hybridized carbons (Fsp3) is 0.184. The number of carbonyl (C=O) groups is 1. The van der Waals surface area contributed by atoms with Crippen LogP contribution in [0.2, 0.25) is 0 Å². The molecule has 0 unspecified atom stereocenters. The summed E-state index contributed by atoms with van der Waals surface area (Å²) in [5.41, 5.74) is 3.64. The van der Waals surface area contributed by atoms with Crippen LogP contribution in [0.1, 0.15) is 42.1 Å². The highest BCUT2D eigenvalue weighted by Gasteiger charge is 2.35. The summed E-state index contributed by atoms with van der Waals surface area (Å²) in [6.45, 7) is 4.70. The van der Waals surface area contributed by atoms with E-state index >= 15 is 0 Å². The highest BCUT2D eigenvalue weighted by Crippen LogP contribution is 2.38. The Morgan fingerprint density at radius 3 is 2.35 bits per heavy atom. The second kappa shape index (κ2) is 15.4. The van der Waals surface area contributed by atoms with Crippen LogP contribution < -0.4 is 29.1 Å². The van der Waals surface area contributed by atoms with Crippen LogP contribution >= 0.6 is 43.2 Å². The smallest absolute Gasteiger partial charge is 0.338 e. The lowest BCUT2D eigenvalue weighted by Crippen LogP contribution is -2.40. The van der Waals surface area contributed by atoms with Gasteiger partial charge in [0, 0.05) is 10.0 Å². The lowest BCUT2D eigenvalue weighted by Gasteiger charge is -2.26. The molecule has 8 nitrogen and oxygen atoms in total. The van der Waals surface area contributed by atoms with Crippen molar-refractivity contribution >= 4 is 60.9 Å². The molecule has 0 fully saturated rings. The Hall–Kier alpha value is -4.45. The van der Waals surface area contributed by atoms with Crippen LogP contribution in [0.5, 0.6) is 17.2 Å². The second-order valence-corrected chi connectivity index (χ2v) is 13.7. The van der Waals surface area contributed by atoms with Crippen molar-refractivity contribution in [2.45, 2.75) is 26.5 Å². The average molecular weight is 805 g/mol. The lowest BCUT2D eigenvalue weighted by molar-refractivity contribution is -0.138. The number of methoxy groups -OCH3 is 1. The van der Waals surface area contributed by atoms with Gasteiger partial charge in [-0.3, -0.25) is 9.36 Å². The van der Waals surface area contributed by atoms with Crippen LogP contribution in [0.3, 0.4) is 0 Å². The Balaban J connectivity index is 1.48. The van der Waals surface area contributed by atoms with E-state index in [0.29, 0.717) is 50.0 Å². The number of thiazole rings is 1. The molecule has 1 atom stereocenters. The van der Waals surface area contributed by atoms with Gasteiger partial charge in [0.25, 0.3) is 5.56 Å². The first-order valence-corrected chi connectivity index (χ1v) is 18.0. The molecule has 0 spiro atoms. The first-order valence-electron chi connectivity index (χ1n) is 15.6. The highest BCUT2D eigenvalue weighted by atomic mass is 79.9. The maximum atomic E-state index is 14.3. The van der Waals surface area contributed by atoms with Crippen LogP contribution in [0, 0.1) is 0 Å². The number of aromatic nitrogens is 1. The number of hydrogen-bond acceptors (Lipinski definition) is 8. The molecule has 1 aliphatic heterocycles. The number of fused-ring (bicyclic) bond motifs is 1. The van der Waals surface area contributed by atoms with E-state index in [9.17, 15) is 9.59 Å². The number of esters is 1. The third kappa shape index (κ3) is 7.44. The Labute approximate surface area is 304 Å². The lowest BCUT2D eigenvalue weighted by atomic mass is 9.93. The highest BCUT2D eigenvalue weighted by molar-refractivity contribution is 9.10. The normalized spacial score (nSPS) is 14.2. The molecule has 1 aromatic heterocycles. The van der Waals surface area contributed by atoms with Gasteiger partial charge >= 0.3 is 5.97 Å². The Morgan fingerprint density at radius 1 is 0.939 bits per heavy atom. The largest absolute Gasteiger partial charge is 0.494 e. The molecule has 0 aliphatic carbocycles. The molecule has 11 heteroatoms. The van der Waals surface area contributed by atoms with Gasteiger partial charge in [0.1, 0.15) is 12.4 Å². The Bertz CT molecular complexity index is 2190. The molecule has 0 amide bonds. The van der Waals surface area contributed by atoms with Gasteiger partial charge in [-0.05, 0) is 88.9 Å². The third-order valence-electron chi connectivity index (χ3n) is 7.73. The van der Waals surface area contributed by atoms with Gasteiger partial charge in [-0.15, -0.1) is 0 Å². The molecule has 0 saturated carbocycles. The summed E-state index contributed by atoms with van der Waals surface area (Å²) in [6.07, 6.45) is 1.79.